The summed E-state index contributed by atoms with van der Waals surface area (Å²) in [4.78, 5) is 10.3. The predicted molar refractivity (Wildman–Crippen MR) is 112 cm³/mol. The first-order valence-corrected chi connectivity index (χ1v) is 10.0. The molecule has 0 amide bonds. The molecule has 4 aromatic rings. The first kappa shape index (κ1) is 18.1. The number of hydrogen-bond donors (Lipinski definition) is 0. The van der Waals surface area contributed by atoms with E-state index >= 15 is 0 Å². The number of benzene rings is 1. The van der Waals surface area contributed by atoms with Gasteiger partial charge >= 0.3 is 0 Å². The van der Waals surface area contributed by atoms with Crippen LogP contribution in [0.2, 0.25) is 10.0 Å². The van der Waals surface area contributed by atoms with Gasteiger partial charge in [-0.2, -0.15) is 4.57 Å². The Balaban J connectivity index is 2.06. The Morgan fingerprint density at radius 1 is 0.852 bits per heavy atom. The fourth-order valence-electron chi connectivity index (χ4n) is 3.01. The van der Waals surface area contributed by atoms with Gasteiger partial charge in [0, 0.05) is 29.4 Å². The van der Waals surface area contributed by atoms with Gasteiger partial charge in [0.05, 0.1) is 27.4 Å². The van der Waals surface area contributed by atoms with Crippen LogP contribution in [0.4, 0.5) is 0 Å². The largest absolute Gasteiger partial charge is 0.256 e. The van der Waals surface area contributed by atoms with Crippen molar-refractivity contribution in [3.63, 3.8) is 0 Å². The molecule has 3 nitrogen and oxygen atoms in total. The number of para-hydroxylation sites is 1. The molecule has 0 saturated heterocycles. The van der Waals surface area contributed by atoms with Crippen molar-refractivity contribution in [3.8, 4) is 28.2 Å². The third kappa shape index (κ3) is 3.48. The van der Waals surface area contributed by atoms with E-state index in [4.69, 9.17) is 23.2 Å². The van der Waals surface area contributed by atoms with Crippen LogP contribution in [0.3, 0.4) is 0 Å². The van der Waals surface area contributed by atoms with Crippen LogP contribution in [0.25, 0.3) is 28.2 Å². The van der Waals surface area contributed by atoms with E-state index < -0.39 is 0 Å². The number of aromatic nitrogens is 3. The Labute approximate surface area is 171 Å². The number of pyridine rings is 2. The van der Waals surface area contributed by atoms with Gasteiger partial charge in [0.15, 0.2) is 5.69 Å². The van der Waals surface area contributed by atoms with Crippen molar-refractivity contribution < 1.29 is 4.57 Å². The molecule has 0 N–H and O–H groups in total. The molecule has 4 rings (SSSR count). The summed E-state index contributed by atoms with van der Waals surface area (Å²) in [5.41, 5.74) is 7.92. The maximum Gasteiger partial charge on any atom is 0.231 e. The number of thiazole rings is 1. The second kappa shape index (κ2) is 7.39. The Hall–Kier alpha value is -2.27. The molecule has 3 heterocycles. The summed E-state index contributed by atoms with van der Waals surface area (Å²) in [7, 11) is 0. The van der Waals surface area contributed by atoms with Gasteiger partial charge in [0.25, 0.3) is 0 Å². The lowest BCUT2D eigenvalue weighted by Crippen LogP contribution is -2.33. The van der Waals surface area contributed by atoms with Gasteiger partial charge in [-0.15, -0.1) is 0 Å². The van der Waals surface area contributed by atoms with Crippen molar-refractivity contribution in [1.29, 1.82) is 0 Å². The Morgan fingerprint density at radius 3 is 1.85 bits per heavy atom. The minimum Gasteiger partial charge on any atom is -0.256 e. The maximum atomic E-state index is 6.23. The predicted octanol–water partition coefficient (Wildman–Crippen LogP) is 6.07. The van der Waals surface area contributed by atoms with E-state index in [0.717, 1.165) is 28.2 Å². The topological polar surface area (TPSA) is 29.7 Å². The van der Waals surface area contributed by atoms with Crippen LogP contribution in [-0.4, -0.2) is 9.97 Å². The van der Waals surface area contributed by atoms with Crippen LogP contribution in [0, 0.1) is 13.8 Å². The van der Waals surface area contributed by atoms with Crippen LogP contribution >= 0.6 is 34.5 Å². The molecule has 1 aromatic carbocycles. The van der Waals surface area contributed by atoms with Crippen LogP contribution in [0.15, 0.2) is 60.4 Å². The number of halogens is 2. The quantitative estimate of drug-likeness (QED) is 0.382. The highest BCUT2D eigenvalue weighted by Crippen LogP contribution is 2.33. The summed E-state index contributed by atoms with van der Waals surface area (Å²) >= 11 is 14.2. The molecule has 0 fully saturated rings. The lowest BCUT2D eigenvalue weighted by atomic mass is 10.0. The number of aryl methyl sites for hydroxylation is 1. The molecule has 27 heavy (non-hydrogen) atoms. The average Bonchev–Trinajstić information content (AvgIpc) is 3.00. The number of nitrogens with zero attached hydrogens (tertiary/aromatic N) is 3. The highest BCUT2D eigenvalue weighted by molar-refractivity contribution is 7.09. The Kier molecular flexibility index (Phi) is 4.96. The van der Waals surface area contributed by atoms with E-state index in [1.165, 1.54) is 10.6 Å². The van der Waals surface area contributed by atoms with Crippen LogP contribution in [0.5, 0.6) is 0 Å². The van der Waals surface area contributed by atoms with Gasteiger partial charge in [-0.1, -0.05) is 40.6 Å². The van der Waals surface area contributed by atoms with E-state index in [9.17, 15) is 0 Å². The third-order valence-corrected chi connectivity index (χ3v) is 5.91. The fraction of sp³-hybridized carbons (Fsp3) is 0.0952. The zero-order valence-corrected chi connectivity index (χ0v) is 17.1. The zero-order chi connectivity index (χ0) is 19.0. The molecule has 134 valence electrons. The third-order valence-electron chi connectivity index (χ3n) is 4.48. The molecule has 0 unspecified atom stereocenters. The molecule has 3 aromatic heterocycles. The van der Waals surface area contributed by atoms with Gasteiger partial charge in [-0.25, -0.2) is 0 Å². The minimum atomic E-state index is 0.653. The second-order valence-corrected chi connectivity index (χ2v) is 8.09. The summed E-state index contributed by atoms with van der Waals surface area (Å²) in [5.74, 6) is 0. The molecule has 0 saturated carbocycles. The summed E-state index contributed by atoms with van der Waals surface area (Å²) in [6, 6.07) is 13.4. The Bertz CT molecular complexity index is 1070. The van der Waals surface area contributed by atoms with E-state index in [-0.39, 0.29) is 0 Å². The molecule has 0 radical (unpaired) electrons. The van der Waals surface area contributed by atoms with E-state index in [1.807, 2.05) is 18.2 Å². The standard InChI is InChI=1S/C21H16Cl2N3S/c1-13-14(2)27-12-26(13)21-17(19-10-15(22)6-8-24-19)4-3-5-18(21)20-11-16(23)7-9-25-20/h3-12H,1-2H3/q+1. The average molecular weight is 413 g/mol. The molecule has 0 bridgehead atoms. The minimum absolute atomic E-state index is 0.653. The van der Waals surface area contributed by atoms with E-state index in [2.05, 4.69) is 46.0 Å². The number of hydrogen-bond acceptors (Lipinski definition) is 3. The lowest BCUT2D eigenvalue weighted by Gasteiger charge is -2.10. The summed E-state index contributed by atoms with van der Waals surface area (Å²) in [6.07, 6.45) is 3.45. The molecule has 0 aliphatic carbocycles. The first-order chi connectivity index (χ1) is 13.0. The normalized spacial score (nSPS) is 11.0. The van der Waals surface area contributed by atoms with E-state index in [0.29, 0.717) is 10.0 Å². The first-order valence-electron chi connectivity index (χ1n) is 8.38. The van der Waals surface area contributed by atoms with Crippen molar-refractivity contribution in [2.75, 3.05) is 0 Å². The van der Waals surface area contributed by atoms with Gasteiger partial charge in [-0.05, 0) is 43.3 Å². The van der Waals surface area contributed by atoms with Crippen LogP contribution in [-0.2, 0) is 0 Å². The number of rotatable bonds is 3. The monoisotopic (exact) mass is 412 g/mol. The SMILES string of the molecule is Cc1sc[n+](-c2c(-c3cc(Cl)ccn3)cccc2-c2cc(Cl)ccn2)c1C. The molecular weight excluding hydrogens is 397 g/mol. The lowest BCUT2D eigenvalue weighted by molar-refractivity contribution is -0.596. The van der Waals surface area contributed by atoms with Crippen molar-refractivity contribution in [2.45, 2.75) is 13.8 Å². The highest BCUT2D eigenvalue weighted by atomic mass is 35.5. The van der Waals surface area contributed by atoms with Gasteiger partial charge in [0.2, 0.25) is 11.2 Å². The summed E-state index contributed by atoms with van der Waals surface area (Å²) < 4.78 is 2.19. The van der Waals surface area contributed by atoms with Crippen LogP contribution in [0.1, 0.15) is 10.6 Å². The summed E-state index contributed by atoms with van der Waals surface area (Å²) in [6.45, 7) is 4.23. The second-order valence-electron chi connectivity index (χ2n) is 6.16. The van der Waals surface area contributed by atoms with Gasteiger partial charge in [0.1, 0.15) is 0 Å². The van der Waals surface area contributed by atoms with Crippen LogP contribution < -0.4 is 4.57 Å². The Morgan fingerprint density at radius 2 is 1.41 bits per heavy atom. The smallest absolute Gasteiger partial charge is 0.231 e. The van der Waals surface area contributed by atoms with Crippen molar-refractivity contribution in [3.05, 3.63) is 81.0 Å². The molecule has 0 atom stereocenters. The van der Waals surface area contributed by atoms with Gasteiger partial charge in [-0.3, -0.25) is 9.97 Å². The van der Waals surface area contributed by atoms with E-state index in [1.54, 1.807) is 35.9 Å². The fourth-order valence-corrected chi connectivity index (χ4v) is 4.12. The molecule has 0 spiro atoms. The van der Waals surface area contributed by atoms with Crippen molar-refractivity contribution >= 4 is 34.5 Å². The zero-order valence-electron chi connectivity index (χ0n) is 14.8. The van der Waals surface area contributed by atoms with Gasteiger partial charge < -0.3 is 0 Å². The maximum absolute atomic E-state index is 6.23. The molecule has 0 aliphatic rings. The summed E-state index contributed by atoms with van der Waals surface area (Å²) in [5, 5.41) is 1.31. The molecule has 6 heteroatoms. The van der Waals surface area contributed by atoms with Crippen molar-refractivity contribution in [1.82, 2.24) is 9.97 Å². The van der Waals surface area contributed by atoms with Crippen molar-refractivity contribution in [2.24, 2.45) is 0 Å². The molecular formula is C21H16Cl2N3S+. The highest BCUT2D eigenvalue weighted by Gasteiger charge is 2.26. The molecule has 0 aliphatic heterocycles.